The van der Waals surface area contributed by atoms with Gasteiger partial charge in [0, 0.05) is 25.7 Å². The Bertz CT molecular complexity index is 1940. The number of rotatable bonds is 81. The maximum absolute atomic E-state index is 13.1. The van der Waals surface area contributed by atoms with E-state index in [1.807, 2.05) is 0 Å². The fourth-order valence-electron chi connectivity index (χ4n) is 12.7. The number of aliphatic hydroxyl groups is 1. The minimum Gasteiger partial charge on any atom is -0.462 e. The van der Waals surface area contributed by atoms with Gasteiger partial charge in [-0.15, -0.1) is 0 Å². The van der Waals surface area contributed by atoms with E-state index in [-0.39, 0.29) is 25.7 Å². The van der Waals surface area contributed by atoms with Crippen LogP contribution < -0.4 is 0 Å². The van der Waals surface area contributed by atoms with Crippen LogP contribution in [0.3, 0.4) is 0 Å². The molecule has 0 saturated carbocycles. The van der Waals surface area contributed by atoms with Gasteiger partial charge in [0.05, 0.1) is 26.4 Å². The van der Waals surface area contributed by atoms with Gasteiger partial charge >= 0.3 is 39.5 Å². The van der Waals surface area contributed by atoms with Crippen LogP contribution in [0.1, 0.15) is 433 Å². The molecule has 600 valence electrons. The van der Waals surface area contributed by atoms with Gasteiger partial charge in [-0.05, 0) is 37.5 Å². The van der Waals surface area contributed by atoms with Crippen molar-refractivity contribution >= 4 is 39.5 Å². The van der Waals surface area contributed by atoms with Gasteiger partial charge in [-0.25, -0.2) is 9.13 Å². The maximum atomic E-state index is 13.1. The topological polar surface area (TPSA) is 237 Å². The van der Waals surface area contributed by atoms with Crippen LogP contribution in [0.15, 0.2) is 0 Å². The molecule has 0 bridgehead atoms. The van der Waals surface area contributed by atoms with Crippen molar-refractivity contribution in [2.75, 3.05) is 39.6 Å². The molecule has 0 aromatic heterocycles. The molecule has 5 atom stereocenters. The summed E-state index contributed by atoms with van der Waals surface area (Å²) in [5, 5.41) is 10.6. The fourth-order valence-corrected chi connectivity index (χ4v) is 14.3. The van der Waals surface area contributed by atoms with E-state index in [9.17, 15) is 43.2 Å². The second-order valence-electron chi connectivity index (χ2n) is 30.5. The Labute approximate surface area is 619 Å². The number of ether oxygens (including phenoxy) is 4. The fraction of sp³-hybridized carbons (Fsp3) is 0.951. The normalized spacial score (nSPS) is 13.9. The van der Waals surface area contributed by atoms with E-state index in [1.54, 1.807) is 0 Å². The molecule has 3 N–H and O–H groups in total. The van der Waals surface area contributed by atoms with Crippen molar-refractivity contribution in [3.05, 3.63) is 0 Å². The number of phosphoric acid groups is 2. The van der Waals surface area contributed by atoms with Crippen LogP contribution >= 0.6 is 15.6 Å². The van der Waals surface area contributed by atoms with Crippen molar-refractivity contribution in [2.45, 2.75) is 452 Å². The number of unbranched alkanes of at least 4 members (excludes halogenated alkanes) is 51. The number of carbonyl (C=O) groups is 4. The van der Waals surface area contributed by atoms with Crippen molar-refractivity contribution in [3.8, 4) is 0 Å². The Morgan fingerprint density at radius 1 is 0.267 bits per heavy atom. The van der Waals surface area contributed by atoms with Gasteiger partial charge in [0.2, 0.25) is 0 Å². The van der Waals surface area contributed by atoms with Gasteiger partial charge in [0.1, 0.15) is 19.3 Å². The van der Waals surface area contributed by atoms with Crippen LogP contribution in [0.25, 0.3) is 0 Å². The molecular weight excluding hydrogens is 1320 g/mol. The third-order valence-electron chi connectivity index (χ3n) is 19.2. The van der Waals surface area contributed by atoms with Crippen molar-refractivity contribution < 1.29 is 80.2 Å². The highest BCUT2D eigenvalue weighted by molar-refractivity contribution is 7.47. The summed E-state index contributed by atoms with van der Waals surface area (Å²) in [7, 11) is -9.92. The Hall–Kier alpha value is -1.94. The molecule has 19 heteroatoms. The molecule has 0 saturated heterocycles. The Kier molecular flexibility index (Phi) is 72.2. The van der Waals surface area contributed by atoms with Crippen LogP contribution in [0, 0.1) is 11.8 Å². The monoisotopic (exact) mass is 1480 g/mol. The first-order chi connectivity index (χ1) is 48.9. The predicted octanol–water partition coefficient (Wildman–Crippen LogP) is 24.7. The molecule has 0 radical (unpaired) electrons. The first-order valence-electron chi connectivity index (χ1n) is 42.5. The highest BCUT2D eigenvalue weighted by Crippen LogP contribution is 2.45. The Morgan fingerprint density at radius 3 is 0.673 bits per heavy atom. The summed E-state index contributed by atoms with van der Waals surface area (Å²) in [5.74, 6) is -0.591. The molecule has 0 aliphatic heterocycles. The second kappa shape index (κ2) is 73.6. The van der Waals surface area contributed by atoms with Crippen molar-refractivity contribution in [1.29, 1.82) is 0 Å². The SMILES string of the molecule is CCCCCCCCCCCCCCCCCCCCCCCCC(=O)O[C@H](COC(=O)CCCCCCCCCCCCCCCC(C)C)COP(=O)(O)OC[C@@H](O)COP(=O)(O)OC[C@@H](COC(=O)CCCCCCCCCCC(C)C)OC(=O)CCCCCCCCCCCCCC. The number of aliphatic hydroxyl groups excluding tert-OH is 1. The van der Waals surface area contributed by atoms with Gasteiger partial charge in [0.25, 0.3) is 0 Å². The summed E-state index contributed by atoms with van der Waals surface area (Å²) >= 11 is 0. The minimum absolute atomic E-state index is 0.107. The van der Waals surface area contributed by atoms with E-state index in [1.165, 1.54) is 250 Å². The molecular formula is C82H160O17P2. The smallest absolute Gasteiger partial charge is 0.462 e. The van der Waals surface area contributed by atoms with E-state index in [0.29, 0.717) is 25.7 Å². The zero-order valence-electron chi connectivity index (χ0n) is 66.2. The van der Waals surface area contributed by atoms with Crippen molar-refractivity contribution in [2.24, 2.45) is 11.8 Å². The molecule has 0 aliphatic carbocycles. The average Bonchev–Trinajstić information content (AvgIpc) is 0.934. The second-order valence-corrected chi connectivity index (χ2v) is 33.4. The lowest BCUT2D eigenvalue weighted by molar-refractivity contribution is -0.161. The largest absolute Gasteiger partial charge is 0.472 e. The molecule has 2 unspecified atom stereocenters. The van der Waals surface area contributed by atoms with Crippen LogP contribution in [0.4, 0.5) is 0 Å². The average molecular weight is 1480 g/mol. The third-order valence-corrected chi connectivity index (χ3v) is 21.1. The van der Waals surface area contributed by atoms with E-state index >= 15 is 0 Å². The first-order valence-corrected chi connectivity index (χ1v) is 45.5. The molecule has 0 rings (SSSR count). The summed E-state index contributed by atoms with van der Waals surface area (Å²) < 4.78 is 68.7. The molecule has 0 aromatic carbocycles. The molecule has 0 heterocycles. The van der Waals surface area contributed by atoms with Crippen LogP contribution in [-0.4, -0.2) is 96.7 Å². The lowest BCUT2D eigenvalue weighted by Crippen LogP contribution is -2.30. The van der Waals surface area contributed by atoms with Crippen LogP contribution in [0.2, 0.25) is 0 Å². The number of carbonyl (C=O) groups excluding carboxylic acids is 4. The van der Waals surface area contributed by atoms with Crippen molar-refractivity contribution in [1.82, 2.24) is 0 Å². The third kappa shape index (κ3) is 76.1. The van der Waals surface area contributed by atoms with Gasteiger partial charge in [0.15, 0.2) is 12.2 Å². The molecule has 0 aromatic rings. The number of hydrogen-bond acceptors (Lipinski definition) is 15. The highest BCUT2D eigenvalue weighted by atomic mass is 31.2. The van der Waals surface area contributed by atoms with Gasteiger partial charge in [-0.1, -0.05) is 382 Å². The number of hydrogen-bond donors (Lipinski definition) is 3. The molecule has 101 heavy (non-hydrogen) atoms. The van der Waals surface area contributed by atoms with Crippen molar-refractivity contribution in [3.63, 3.8) is 0 Å². The minimum atomic E-state index is -4.96. The summed E-state index contributed by atoms with van der Waals surface area (Å²) in [4.78, 5) is 73.0. The van der Waals surface area contributed by atoms with Crippen LogP contribution in [0.5, 0.6) is 0 Å². The quantitative estimate of drug-likeness (QED) is 0.0222. The summed E-state index contributed by atoms with van der Waals surface area (Å²) in [6.07, 6.45) is 64.0. The van der Waals surface area contributed by atoms with E-state index in [0.717, 1.165) is 102 Å². The van der Waals surface area contributed by atoms with Gasteiger partial charge in [-0.2, -0.15) is 0 Å². The maximum Gasteiger partial charge on any atom is 0.472 e. The summed E-state index contributed by atoms with van der Waals surface area (Å²) in [5.41, 5.74) is 0. The molecule has 0 spiro atoms. The zero-order valence-corrected chi connectivity index (χ0v) is 68.0. The zero-order chi connectivity index (χ0) is 74.2. The summed E-state index contributed by atoms with van der Waals surface area (Å²) in [6, 6.07) is 0. The lowest BCUT2D eigenvalue weighted by atomic mass is 10.0. The van der Waals surface area contributed by atoms with Gasteiger partial charge < -0.3 is 33.8 Å². The molecule has 0 fully saturated rings. The Morgan fingerprint density at radius 2 is 0.455 bits per heavy atom. The van der Waals surface area contributed by atoms with E-state index in [4.69, 9.17) is 37.0 Å². The van der Waals surface area contributed by atoms with Gasteiger partial charge in [-0.3, -0.25) is 37.3 Å². The number of phosphoric ester groups is 2. The molecule has 0 amide bonds. The first kappa shape index (κ1) is 99.1. The Balaban J connectivity index is 5.21. The number of esters is 4. The predicted molar refractivity (Wildman–Crippen MR) is 414 cm³/mol. The molecule has 17 nitrogen and oxygen atoms in total. The van der Waals surface area contributed by atoms with E-state index in [2.05, 4.69) is 41.5 Å². The lowest BCUT2D eigenvalue weighted by Gasteiger charge is -2.21. The standard InChI is InChI=1S/C82H160O17P2/c1-7-9-11-13-15-17-19-21-22-23-24-25-26-27-28-29-32-37-41-49-55-61-67-82(87)98-77(70-92-79(84)64-58-52-46-39-36-33-30-31-34-38-44-50-56-62-74(3)4)72-96-100(88,89)94-68-76(83)69-95-101(90,91)97-73-78(71-93-80(85)65-59-53-47-43-42-45-51-57-63-75(5)6)99-81(86)66-60-54-48-40-35-20-18-16-14-12-10-8-2/h74-78,83H,7-73H2,1-6H3,(H,88,89)(H,90,91)/t76-,77-,78-/m1/s1. The molecule has 0 aliphatic rings. The highest BCUT2D eigenvalue weighted by Gasteiger charge is 2.30. The summed E-state index contributed by atoms with van der Waals surface area (Å²) in [6.45, 7) is 9.62. The van der Waals surface area contributed by atoms with Crippen LogP contribution in [-0.2, 0) is 65.4 Å². The van der Waals surface area contributed by atoms with E-state index < -0.39 is 97.5 Å².